The quantitative estimate of drug-likeness (QED) is 0.0710. The van der Waals surface area contributed by atoms with Crippen molar-refractivity contribution in [1.82, 2.24) is 4.98 Å². The summed E-state index contributed by atoms with van der Waals surface area (Å²) in [4.78, 5) is 17.6. The van der Waals surface area contributed by atoms with Crippen molar-refractivity contribution in [3.63, 3.8) is 0 Å². The van der Waals surface area contributed by atoms with Gasteiger partial charge < -0.3 is 4.74 Å². The molecule has 0 aliphatic rings. The predicted molar refractivity (Wildman–Crippen MR) is 155 cm³/mol. The second-order valence-electron chi connectivity index (χ2n) is 8.32. The molecule has 38 heavy (non-hydrogen) atoms. The van der Waals surface area contributed by atoms with Gasteiger partial charge in [-0.1, -0.05) is 53.5 Å². The molecule has 1 aromatic heterocycles. The maximum Gasteiger partial charge on any atom is 0.228 e. The van der Waals surface area contributed by atoms with E-state index in [-0.39, 0.29) is 11.5 Å². The maximum absolute atomic E-state index is 13.2. The summed E-state index contributed by atoms with van der Waals surface area (Å²) in [6, 6.07) is 30.9. The van der Waals surface area contributed by atoms with Crippen LogP contribution in [0.1, 0.15) is 21.5 Å². The predicted octanol–water partition coefficient (Wildman–Crippen LogP) is 8.29. The molecule has 0 saturated carbocycles. The number of hydrazone groups is 1. The molecule has 0 unspecified atom stereocenters. The minimum Gasteiger partial charge on any atom is -0.453 e. The lowest BCUT2D eigenvalue weighted by atomic mass is 10.1. The number of nitrogens with one attached hydrogen (secondary N) is 1. The van der Waals surface area contributed by atoms with Gasteiger partial charge in [0.25, 0.3) is 0 Å². The van der Waals surface area contributed by atoms with Crippen LogP contribution in [0, 0.1) is 0 Å². The SMILES string of the molecule is O=C(/C(=C/c1ccccc1)Oc1ccc(/C=N/Nc2ccnc3cc(Cl)ccc23)cc1)c1ccc(Cl)cc1. The molecule has 0 radical (unpaired) electrons. The van der Waals surface area contributed by atoms with E-state index in [9.17, 15) is 4.79 Å². The van der Waals surface area contributed by atoms with Gasteiger partial charge in [-0.3, -0.25) is 15.2 Å². The van der Waals surface area contributed by atoms with E-state index in [4.69, 9.17) is 27.9 Å². The molecule has 5 nitrogen and oxygen atoms in total. The van der Waals surface area contributed by atoms with E-state index in [1.54, 1.807) is 54.9 Å². The number of anilines is 1. The number of halogens is 2. The fourth-order valence-corrected chi connectivity index (χ4v) is 4.02. The Morgan fingerprint density at radius 1 is 0.816 bits per heavy atom. The van der Waals surface area contributed by atoms with Gasteiger partial charge in [0.15, 0.2) is 5.76 Å². The van der Waals surface area contributed by atoms with Gasteiger partial charge in [0.05, 0.1) is 17.4 Å². The molecule has 0 amide bonds. The second kappa shape index (κ2) is 11.7. The Balaban J connectivity index is 1.32. The Morgan fingerprint density at radius 3 is 2.32 bits per heavy atom. The molecule has 0 aliphatic carbocycles. The summed E-state index contributed by atoms with van der Waals surface area (Å²) in [5.41, 5.74) is 6.85. The number of allylic oxidation sites excluding steroid dienone is 1. The minimum atomic E-state index is -0.244. The number of nitrogens with zero attached hydrogens (tertiary/aromatic N) is 2. The van der Waals surface area contributed by atoms with Crippen LogP contribution in [0.25, 0.3) is 17.0 Å². The number of fused-ring (bicyclic) bond motifs is 1. The number of aromatic nitrogens is 1. The highest BCUT2D eigenvalue weighted by Crippen LogP contribution is 2.25. The summed E-state index contributed by atoms with van der Waals surface area (Å²) >= 11 is 12.1. The van der Waals surface area contributed by atoms with Crippen LogP contribution in [-0.2, 0) is 0 Å². The molecular formula is C31H21Cl2N3O2. The van der Waals surface area contributed by atoms with Crippen molar-refractivity contribution >= 4 is 57.9 Å². The highest BCUT2D eigenvalue weighted by molar-refractivity contribution is 6.31. The van der Waals surface area contributed by atoms with E-state index >= 15 is 0 Å². The first-order valence-electron chi connectivity index (χ1n) is 11.7. The summed E-state index contributed by atoms with van der Waals surface area (Å²) in [5.74, 6) is 0.481. The zero-order valence-electron chi connectivity index (χ0n) is 20.0. The van der Waals surface area contributed by atoms with Gasteiger partial charge in [0.2, 0.25) is 5.78 Å². The lowest BCUT2D eigenvalue weighted by Gasteiger charge is -2.10. The molecule has 0 aliphatic heterocycles. The molecule has 0 fully saturated rings. The van der Waals surface area contributed by atoms with Gasteiger partial charge in [-0.15, -0.1) is 0 Å². The maximum atomic E-state index is 13.2. The number of carbonyl (C=O) groups is 1. The number of Topliss-reactive ketones (excluding diaryl/α,β-unsaturated/α-hetero) is 1. The third-order valence-electron chi connectivity index (χ3n) is 5.64. The molecule has 1 N–H and O–H groups in total. The van der Waals surface area contributed by atoms with Gasteiger partial charge in [-0.05, 0) is 90.0 Å². The summed E-state index contributed by atoms with van der Waals surface area (Å²) < 4.78 is 6.05. The van der Waals surface area contributed by atoms with E-state index < -0.39 is 0 Å². The second-order valence-corrected chi connectivity index (χ2v) is 9.19. The van der Waals surface area contributed by atoms with Crippen molar-refractivity contribution in [2.24, 2.45) is 5.10 Å². The number of hydrogen-bond donors (Lipinski definition) is 1. The monoisotopic (exact) mass is 537 g/mol. The third-order valence-corrected chi connectivity index (χ3v) is 6.13. The third kappa shape index (κ3) is 6.27. The van der Waals surface area contributed by atoms with Gasteiger partial charge in [-0.2, -0.15) is 5.10 Å². The standard InChI is InChI=1S/C31H21Cl2N3O2/c32-24-10-8-23(9-11-24)31(37)30(18-21-4-2-1-3-5-21)38-26-13-6-22(7-14-26)20-35-36-28-16-17-34-29-19-25(33)12-15-27(28)29/h1-20H,(H,34,36)/b30-18-,35-20+. The van der Waals surface area contributed by atoms with Crippen LogP contribution >= 0.6 is 23.2 Å². The number of hydrogen-bond acceptors (Lipinski definition) is 5. The zero-order chi connectivity index (χ0) is 26.3. The number of pyridine rings is 1. The van der Waals surface area contributed by atoms with Crippen LogP contribution in [0.3, 0.4) is 0 Å². The average Bonchev–Trinajstić information content (AvgIpc) is 2.94. The lowest BCUT2D eigenvalue weighted by Crippen LogP contribution is -2.09. The topological polar surface area (TPSA) is 63.6 Å². The number of ether oxygens (including phenoxy) is 1. The average molecular weight is 538 g/mol. The van der Waals surface area contributed by atoms with Crippen LogP contribution in [-0.4, -0.2) is 17.0 Å². The van der Waals surface area contributed by atoms with Crippen molar-refractivity contribution in [1.29, 1.82) is 0 Å². The van der Waals surface area contributed by atoms with E-state index in [0.29, 0.717) is 21.4 Å². The van der Waals surface area contributed by atoms with Gasteiger partial charge in [0.1, 0.15) is 5.75 Å². The van der Waals surface area contributed by atoms with Crippen LogP contribution in [0.2, 0.25) is 10.0 Å². The summed E-state index contributed by atoms with van der Waals surface area (Å²) in [7, 11) is 0. The molecule has 0 spiro atoms. The smallest absolute Gasteiger partial charge is 0.228 e. The van der Waals surface area contributed by atoms with E-state index in [1.807, 2.05) is 66.7 Å². The van der Waals surface area contributed by atoms with Gasteiger partial charge in [0, 0.05) is 27.2 Å². The van der Waals surface area contributed by atoms with Crippen LogP contribution in [0.5, 0.6) is 5.75 Å². The molecule has 7 heteroatoms. The molecule has 5 rings (SSSR count). The summed E-state index contributed by atoms with van der Waals surface area (Å²) in [6.45, 7) is 0. The Bertz CT molecular complexity index is 1630. The normalized spacial score (nSPS) is 11.6. The first-order chi connectivity index (χ1) is 18.5. The van der Waals surface area contributed by atoms with Crippen molar-refractivity contribution in [3.8, 4) is 5.75 Å². The van der Waals surface area contributed by atoms with E-state index in [0.717, 1.165) is 27.7 Å². The molecule has 1 heterocycles. The fourth-order valence-electron chi connectivity index (χ4n) is 3.73. The molecule has 5 aromatic rings. The van der Waals surface area contributed by atoms with Crippen molar-refractivity contribution in [3.05, 3.63) is 142 Å². The van der Waals surface area contributed by atoms with E-state index in [2.05, 4.69) is 15.5 Å². The number of rotatable bonds is 8. The number of benzene rings is 4. The lowest BCUT2D eigenvalue weighted by molar-refractivity contribution is 0.0988. The molecule has 4 aromatic carbocycles. The Hall–Kier alpha value is -4.45. The Kier molecular flexibility index (Phi) is 7.78. The Morgan fingerprint density at radius 2 is 1.55 bits per heavy atom. The van der Waals surface area contributed by atoms with Crippen LogP contribution in [0.15, 0.2) is 120 Å². The van der Waals surface area contributed by atoms with Crippen LogP contribution in [0.4, 0.5) is 5.69 Å². The highest BCUT2D eigenvalue weighted by atomic mass is 35.5. The van der Waals surface area contributed by atoms with Crippen molar-refractivity contribution in [2.75, 3.05) is 5.43 Å². The molecule has 186 valence electrons. The first-order valence-corrected chi connectivity index (χ1v) is 12.5. The van der Waals surface area contributed by atoms with Crippen molar-refractivity contribution in [2.45, 2.75) is 0 Å². The minimum absolute atomic E-state index is 0.200. The summed E-state index contributed by atoms with van der Waals surface area (Å²) in [6.07, 6.45) is 5.13. The highest BCUT2D eigenvalue weighted by Gasteiger charge is 2.15. The molecular weight excluding hydrogens is 517 g/mol. The first kappa shape index (κ1) is 25.2. The molecule has 0 saturated heterocycles. The summed E-state index contributed by atoms with van der Waals surface area (Å²) in [5, 5.41) is 6.46. The fraction of sp³-hybridized carbons (Fsp3) is 0. The van der Waals surface area contributed by atoms with Crippen molar-refractivity contribution < 1.29 is 9.53 Å². The largest absolute Gasteiger partial charge is 0.453 e. The number of carbonyl (C=O) groups excluding carboxylic acids is 1. The Labute approximate surface area is 230 Å². The van der Waals surface area contributed by atoms with E-state index in [1.165, 1.54) is 0 Å². The molecule has 0 atom stereocenters. The molecule has 0 bridgehead atoms. The zero-order valence-corrected chi connectivity index (χ0v) is 21.5. The van der Waals surface area contributed by atoms with Gasteiger partial charge >= 0.3 is 0 Å². The van der Waals surface area contributed by atoms with Gasteiger partial charge in [-0.25, -0.2) is 0 Å². The number of ketones is 1. The van der Waals surface area contributed by atoms with Crippen LogP contribution < -0.4 is 10.2 Å².